The van der Waals surface area contributed by atoms with Gasteiger partial charge in [0.2, 0.25) is 6.69 Å². The van der Waals surface area contributed by atoms with Crippen molar-refractivity contribution < 1.29 is 115 Å². The van der Waals surface area contributed by atoms with E-state index in [1.54, 1.807) is 11.1 Å². The molecule has 3 aromatic rings. The maximum Gasteiger partial charge on any atom is 1.00 e. The molecule has 0 aromatic heterocycles. The molecule has 0 aliphatic heterocycles. The summed E-state index contributed by atoms with van der Waals surface area (Å²) < 4.78 is 0. The molecular weight excluding hydrogens is 1150 g/mol. The minimum absolute atomic E-state index is 0. The smallest absolute Gasteiger partial charge is 1.00 e. The summed E-state index contributed by atoms with van der Waals surface area (Å²) >= 11 is 10.9. The van der Waals surface area contributed by atoms with Gasteiger partial charge in [-0.15, -0.1) is 22.2 Å². The van der Waals surface area contributed by atoms with Crippen molar-refractivity contribution in [3.8, 4) is 0 Å². The van der Waals surface area contributed by atoms with Crippen molar-refractivity contribution in [2.75, 3.05) is 0 Å². The molecule has 0 amide bonds. The van der Waals surface area contributed by atoms with Gasteiger partial charge < -0.3 is 15.8 Å². The average Bonchev–Trinajstić information content (AvgIpc) is 4.19. The largest absolute Gasteiger partial charge is 1.00 e. The fraction of sp³-hybridized carbons (Fsp3) is 0.519. The van der Waals surface area contributed by atoms with Crippen LogP contribution in [0.5, 0.6) is 0 Å². The van der Waals surface area contributed by atoms with Gasteiger partial charge in [0, 0.05) is 24.2 Å². The molecule has 0 saturated carbocycles. The summed E-state index contributed by atoms with van der Waals surface area (Å²) in [6.45, 7) is 40.8. The second-order valence-corrected chi connectivity index (χ2v) is 51.2. The van der Waals surface area contributed by atoms with Crippen molar-refractivity contribution in [2.45, 2.75) is 239 Å². The number of allylic oxidation sites excluding steroid dienone is 20. The first kappa shape index (κ1) is 114. The van der Waals surface area contributed by atoms with E-state index in [0.717, 1.165) is 32.1 Å². The Kier molecular flexibility index (Phi) is 77.8. The van der Waals surface area contributed by atoms with Crippen molar-refractivity contribution >= 4 is 53.1 Å². The SMILES string of the molecule is C.C.C.C.C.CCC1=CC(CC2C=CC(C[Si](C)(C)C)=C2)C=C1.CCC1=CC(CC2C=CC(C[Si](C)(C)C)=C2)C=C1.CCC1=CCC=C1.CCc1cc[c-](C[c-]2ccc(C[Si](C)(C)C)c2)c1.CCc1cc[cH-]c1.C[Si](C)(Cl)Cl.[CH2-]CCC.[CH3-].[H-].[Li+].[Li+].[Li+].[Li+].[Li+].[Li+]. The van der Waals surface area contributed by atoms with Gasteiger partial charge in [-0.2, -0.15) is 71.1 Å². The zero-order chi connectivity index (χ0) is 57.7. The number of aryl methyl sites for hydroxylation is 2. The molecule has 89 heavy (non-hydrogen) atoms. The van der Waals surface area contributed by atoms with Crippen LogP contribution in [-0.2, 0) is 25.3 Å². The van der Waals surface area contributed by atoms with Gasteiger partial charge in [-0.25, -0.2) is 23.8 Å². The summed E-state index contributed by atoms with van der Waals surface area (Å²) in [7, 11) is -2.89. The first-order valence-electron chi connectivity index (χ1n) is 29.9. The molecule has 5 aliphatic carbocycles. The van der Waals surface area contributed by atoms with E-state index in [9.17, 15) is 0 Å². The fourth-order valence-electron chi connectivity index (χ4n) is 9.59. The van der Waals surface area contributed by atoms with Crippen molar-refractivity contribution in [1.29, 1.82) is 0 Å². The summed E-state index contributed by atoms with van der Waals surface area (Å²) in [6, 6.07) is 26.2. The van der Waals surface area contributed by atoms with Crippen LogP contribution in [0, 0.1) is 38.0 Å². The molecule has 0 N–H and O–H groups in total. The molecule has 8 rings (SSSR count). The fourth-order valence-corrected chi connectivity index (χ4v) is 14.0. The van der Waals surface area contributed by atoms with Gasteiger partial charge in [-0.3, -0.25) is 0 Å². The predicted molar refractivity (Wildman–Crippen MR) is 406 cm³/mol. The average molecular weight is 1280 g/mol. The topological polar surface area (TPSA) is 0 Å². The van der Waals surface area contributed by atoms with Gasteiger partial charge in [-0.1, -0.05) is 288 Å². The van der Waals surface area contributed by atoms with Crippen LogP contribution in [0.1, 0.15) is 159 Å². The van der Waals surface area contributed by atoms with Crippen LogP contribution >= 0.6 is 22.2 Å². The Morgan fingerprint density at radius 3 is 1.07 bits per heavy atom. The van der Waals surface area contributed by atoms with Crippen LogP contribution in [-0.4, -0.2) is 30.9 Å². The maximum absolute atomic E-state index is 5.43. The summed E-state index contributed by atoms with van der Waals surface area (Å²) in [5, 5.41) is 0. The van der Waals surface area contributed by atoms with Gasteiger partial charge in [0.05, 0.1) is 0 Å². The van der Waals surface area contributed by atoms with E-state index in [0.29, 0.717) is 23.7 Å². The molecule has 4 unspecified atom stereocenters. The van der Waals surface area contributed by atoms with E-state index in [-0.39, 0.29) is 159 Å². The Morgan fingerprint density at radius 2 is 0.820 bits per heavy atom. The van der Waals surface area contributed by atoms with E-state index in [1.807, 2.05) is 13.1 Å². The number of hydrogen-bond acceptors (Lipinski definition) is 0. The Labute approximate surface area is 645 Å². The molecule has 0 heterocycles. The van der Waals surface area contributed by atoms with E-state index < -0.39 is 30.9 Å². The molecule has 0 bridgehead atoms. The molecule has 0 nitrogen and oxygen atoms in total. The van der Waals surface area contributed by atoms with Crippen LogP contribution in [0.2, 0.25) is 84.1 Å². The Morgan fingerprint density at radius 1 is 0.483 bits per heavy atom. The van der Waals surface area contributed by atoms with Crippen LogP contribution in [0.25, 0.3) is 0 Å². The number of rotatable bonds is 18. The molecule has 12 heteroatoms. The molecule has 0 fully saturated rings. The first-order chi connectivity index (χ1) is 36.2. The molecular formula is C77H134Cl2Li6Si4. The molecule has 4 atom stereocenters. The van der Waals surface area contributed by atoms with Crippen molar-refractivity contribution in [3.05, 3.63) is 222 Å². The molecule has 5 aliphatic rings. The van der Waals surface area contributed by atoms with E-state index in [4.69, 9.17) is 22.2 Å². The van der Waals surface area contributed by atoms with Crippen LogP contribution in [0.15, 0.2) is 180 Å². The van der Waals surface area contributed by atoms with Crippen LogP contribution in [0.3, 0.4) is 0 Å². The van der Waals surface area contributed by atoms with E-state index in [2.05, 4.69) is 259 Å². The zero-order valence-corrected chi connectivity index (χ0v) is 64.6. The predicted octanol–water partition coefficient (Wildman–Crippen LogP) is 9.20. The summed E-state index contributed by atoms with van der Waals surface area (Å²) in [4.78, 5) is 0. The zero-order valence-electron chi connectivity index (χ0n) is 60.1. The van der Waals surface area contributed by atoms with Crippen LogP contribution in [0.4, 0.5) is 0 Å². The van der Waals surface area contributed by atoms with Crippen molar-refractivity contribution in [2.24, 2.45) is 23.7 Å². The summed E-state index contributed by atoms with van der Waals surface area (Å²) in [6.07, 6.45) is 48.3. The van der Waals surface area contributed by atoms with Gasteiger partial charge in [0.25, 0.3) is 0 Å². The Balaban J connectivity index is -0.0000000813. The second-order valence-electron chi connectivity index (χ2n) is 25.8. The number of halogens is 2. The Hall–Kier alpha value is 0.482. The Bertz CT molecular complexity index is 2350. The third-order valence-electron chi connectivity index (χ3n) is 13.4. The molecule has 0 radical (unpaired) electrons. The monoisotopic (exact) mass is 1280 g/mol. The van der Waals surface area contributed by atoms with Gasteiger partial charge >= 0.3 is 113 Å². The maximum atomic E-state index is 5.43. The molecule has 3 aromatic carbocycles. The molecule has 478 valence electrons. The van der Waals surface area contributed by atoms with Crippen molar-refractivity contribution in [1.82, 2.24) is 0 Å². The molecule has 0 saturated heterocycles. The first-order valence-corrected chi connectivity index (χ1v) is 46.1. The summed E-state index contributed by atoms with van der Waals surface area (Å²) in [5.41, 5.74) is 15.0. The van der Waals surface area contributed by atoms with E-state index >= 15 is 0 Å². The van der Waals surface area contributed by atoms with Gasteiger partial charge in [-0.05, 0) is 87.4 Å². The van der Waals surface area contributed by atoms with Crippen molar-refractivity contribution in [3.63, 3.8) is 0 Å². The minimum Gasteiger partial charge on any atom is -1.00 e. The van der Waals surface area contributed by atoms with Crippen LogP contribution < -0.4 is 113 Å². The number of hydrogen-bond donors (Lipinski definition) is 0. The molecule has 0 spiro atoms. The van der Waals surface area contributed by atoms with Gasteiger partial charge in [0.1, 0.15) is 0 Å². The summed E-state index contributed by atoms with van der Waals surface area (Å²) in [5.74, 6) is 2.66. The third-order valence-corrected chi connectivity index (χ3v) is 17.8. The van der Waals surface area contributed by atoms with Gasteiger partial charge in [0.15, 0.2) is 0 Å². The number of unbranched alkanes of at least 4 members (excludes halogenated alkanes) is 1. The quantitative estimate of drug-likeness (QED) is 0.0678. The second kappa shape index (κ2) is 60.9. The van der Waals surface area contributed by atoms with E-state index in [1.165, 1.54) is 101 Å². The normalized spacial score (nSPS) is 16.3. The minimum atomic E-state index is -1.67. The standard InChI is InChI=1S/2C17H26Si.C17H24Si.C7H10.C7H9.C4H9.C2H6Cl2Si.5CH4.CH3.6Li.H/c3*1-5-14-6-7-15(10-14)11-16-8-9-17(12-16)13-18(2,3)4;2*1-2-7-5-3-4-6-7;1-3-4-2;1-5(2,3)4;;;;;;;;;;;;;/h2*6-10,12,15-16H,5,11,13H2,1-4H3;6-10,12H,5,11,13H2,1-4H3;3,5-6H,2,4H2,1H3;3-6H,2H2,1H3;1,3-4H2,2H3;1-2H3;5*1H4;1H3;;;;;;;/q;;-2;;2*-1;;;;;;;-1;6*+1;-1. The third kappa shape index (κ3) is 58.4.